The molecule has 0 amide bonds. The van der Waals surface area contributed by atoms with Gasteiger partial charge in [-0.25, -0.2) is 9.97 Å². The summed E-state index contributed by atoms with van der Waals surface area (Å²) in [6, 6.07) is 0. The Morgan fingerprint density at radius 2 is 1.77 bits per heavy atom. The summed E-state index contributed by atoms with van der Waals surface area (Å²) in [6.07, 6.45) is 8.25. The summed E-state index contributed by atoms with van der Waals surface area (Å²) in [7, 11) is 0. The Labute approximate surface area is 79.0 Å². The molecule has 70 valence electrons. The van der Waals surface area contributed by atoms with Crippen LogP contribution in [-0.2, 0) is 0 Å². The molecule has 0 saturated heterocycles. The second-order valence-electron chi connectivity index (χ2n) is 2.74. The zero-order valence-corrected chi connectivity index (χ0v) is 8.54. The molecule has 0 bridgehead atoms. The van der Waals surface area contributed by atoms with Crippen LogP contribution >= 0.6 is 0 Å². The van der Waals surface area contributed by atoms with E-state index in [1.54, 1.807) is 6.33 Å². The standard InChI is InChI=1S/C9H10N2.C2H6/c1-7-8-4-2-3-5-9(8)11-6-10-7;1-2/h4-6H,2-3H2,1H3;1-2H3. The summed E-state index contributed by atoms with van der Waals surface area (Å²) in [5, 5.41) is 2.32. The molecule has 1 aliphatic carbocycles. The Bertz CT molecular complexity index is 380. The van der Waals surface area contributed by atoms with Gasteiger partial charge in [0, 0.05) is 10.9 Å². The average Bonchev–Trinajstić information content (AvgIpc) is 2.22. The quantitative estimate of drug-likeness (QED) is 0.593. The van der Waals surface area contributed by atoms with Crippen LogP contribution in [0.3, 0.4) is 0 Å². The highest BCUT2D eigenvalue weighted by molar-refractivity contribution is 5.36. The molecule has 0 atom stereocenters. The monoisotopic (exact) mass is 176 g/mol. The molecule has 0 radical (unpaired) electrons. The minimum absolute atomic E-state index is 1.09. The van der Waals surface area contributed by atoms with Crippen molar-refractivity contribution in [3.8, 4) is 0 Å². The Morgan fingerprint density at radius 1 is 1.08 bits per heavy atom. The molecule has 13 heavy (non-hydrogen) atoms. The molecule has 0 fully saturated rings. The summed E-state index contributed by atoms with van der Waals surface area (Å²) in [5.74, 6) is 0. The molecule has 1 aliphatic rings. The van der Waals surface area contributed by atoms with Crippen molar-refractivity contribution in [2.75, 3.05) is 0 Å². The largest absolute Gasteiger partial charge is 0.241 e. The zero-order chi connectivity index (χ0) is 9.68. The average molecular weight is 176 g/mol. The van der Waals surface area contributed by atoms with Crippen molar-refractivity contribution in [3.63, 3.8) is 0 Å². The Balaban J connectivity index is 0.000000396. The van der Waals surface area contributed by atoms with E-state index in [4.69, 9.17) is 0 Å². The first-order valence-corrected chi connectivity index (χ1v) is 4.86. The van der Waals surface area contributed by atoms with Gasteiger partial charge in [-0.3, -0.25) is 0 Å². The number of rotatable bonds is 0. The highest BCUT2D eigenvalue weighted by Gasteiger charge is 1.96. The first-order valence-electron chi connectivity index (χ1n) is 4.86. The molecular weight excluding hydrogens is 160 g/mol. The van der Waals surface area contributed by atoms with Crippen molar-refractivity contribution in [3.05, 3.63) is 22.6 Å². The molecule has 2 heteroatoms. The summed E-state index contributed by atoms with van der Waals surface area (Å²) < 4.78 is 0. The molecule has 2 nitrogen and oxygen atoms in total. The van der Waals surface area contributed by atoms with Crippen LogP contribution in [-0.4, -0.2) is 9.97 Å². The topological polar surface area (TPSA) is 25.8 Å². The lowest BCUT2D eigenvalue weighted by Gasteiger charge is -1.99. The molecular formula is C11H16N2. The molecule has 1 aromatic heterocycles. The minimum atomic E-state index is 1.09. The fourth-order valence-electron chi connectivity index (χ4n) is 1.36. The molecule has 1 heterocycles. The second-order valence-corrected chi connectivity index (χ2v) is 2.74. The molecule has 0 N–H and O–H groups in total. The fourth-order valence-corrected chi connectivity index (χ4v) is 1.36. The molecule has 2 rings (SSSR count). The van der Waals surface area contributed by atoms with E-state index >= 15 is 0 Å². The summed E-state index contributed by atoms with van der Waals surface area (Å²) in [4.78, 5) is 8.31. The van der Waals surface area contributed by atoms with Gasteiger partial charge >= 0.3 is 0 Å². The van der Waals surface area contributed by atoms with Crippen LogP contribution in [0.25, 0.3) is 12.2 Å². The third-order valence-corrected chi connectivity index (χ3v) is 1.97. The van der Waals surface area contributed by atoms with Crippen molar-refractivity contribution in [1.29, 1.82) is 0 Å². The van der Waals surface area contributed by atoms with Gasteiger partial charge in [-0.1, -0.05) is 26.0 Å². The van der Waals surface area contributed by atoms with Crippen molar-refractivity contribution in [2.45, 2.75) is 33.6 Å². The predicted octanol–water partition coefficient (Wildman–Crippen LogP) is 1.17. The number of fused-ring (bicyclic) bond motifs is 1. The molecule has 1 aromatic rings. The van der Waals surface area contributed by atoms with Crippen LogP contribution < -0.4 is 10.6 Å². The van der Waals surface area contributed by atoms with Gasteiger partial charge in [0.1, 0.15) is 6.33 Å². The van der Waals surface area contributed by atoms with Gasteiger partial charge < -0.3 is 0 Å². The van der Waals surface area contributed by atoms with E-state index in [0.29, 0.717) is 0 Å². The smallest absolute Gasteiger partial charge is 0.116 e. The Kier molecular flexibility index (Phi) is 3.62. The van der Waals surface area contributed by atoms with E-state index < -0.39 is 0 Å². The number of hydrogen-bond donors (Lipinski definition) is 0. The van der Waals surface area contributed by atoms with Gasteiger partial charge in [0.25, 0.3) is 0 Å². The highest BCUT2D eigenvalue weighted by Crippen LogP contribution is 1.93. The van der Waals surface area contributed by atoms with Crippen LogP contribution in [0, 0.1) is 6.92 Å². The van der Waals surface area contributed by atoms with E-state index in [1.807, 2.05) is 20.8 Å². The number of aromatic nitrogens is 2. The number of aryl methyl sites for hydroxylation is 1. The van der Waals surface area contributed by atoms with Crippen LogP contribution in [0.4, 0.5) is 0 Å². The summed E-state index contributed by atoms with van der Waals surface area (Å²) >= 11 is 0. The van der Waals surface area contributed by atoms with E-state index in [2.05, 4.69) is 22.1 Å². The van der Waals surface area contributed by atoms with Crippen LogP contribution in [0.15, 0.2) is 6.33 Å². The van der Waals surface area contributed by atoms with Gasteiger partial charge in [-0.05, 0) is 19.8 Å². The van der Waals surface area contributed by atoms with Crippen molar-refractivity contribution >= 4 is 12.2 Å². The SMILES string of the molecule is CC.Cc1ncnc2c1=CCCC=2. The van der Waals surface area contributed by atoms with Gasteiger partial charge in [0.05, 0.1) is 5.35 Å². The second kappa shape index (κ2) is 4.75. The maximum Gasteiger partial charge on any atom is 0.116 e. The summed E-state index contributed by atoms with van der Waals surface area (Å²) in [6.45, 7) is 6.02. The number of nitrogens with zero attached hydrogens (tertiary/aromatic N) is 2. The van der Waals surface area contributed by atoms with Gasteiger partial charge in [0.2, 0.25) is 0 Å². The molecule has 0 saturated carbocycles. The first-order chi connectivity index (χ1) is 6.38. The van der Waals surface area contributed by atoms with E-state index in [1.165, 1.54) is 5.22 Å². The Morgan fingerprint density at radius 3 is 2.46 bits per heavy atom. The van der Waals surface area contributed by atoms with Crippen LogP contribution in [0.1, 0.15) is 32.4 Å². The molecule has 0 aromatic carbocycles. The Hall–Kier alpha value is -1.18. The fraction of sp³-hybridized carbons (Fsp3) is 0.455. The minimum Gasteiger partial charge on any atom is -0.241 e. The van der Waals surface area contributed by atoms with Crippen LogP contribution in [0.5, 0.6) is 0 Å². The molecule has 0 spiro atoms. The lowest BCUT2D eigenvalue weighted by atomic mass is 10.1. The van der Waals surface area contributed by atoms with Gasteiger partial charge in [0.15, 0.2) is 0 Å². The normalized spacial score (nSPS) is 12.8. The first kappa shape index (κ1) is 9.90. The zero-order valence-electron chi connectivity index (χ0n) is 8.54. The van der Waals surface area contributed by atoms with Crippen molar-refractivity contribution in [1.82, 2.24) is 9.97 Å². The van der Waals surface area contributed by atoms with Gasteiger partial charge in [-0.2, -0.15) is 0 Å². The van der Waals surface area contributed by atoms with Gasteiger partial charge in [-0.15, -0.1) is 0 Å². The van der Waals surface area contributed by atoms with E-state index in [0.717, 1.165) is 23.9 Å². The maximum atomic E-state index is 4.18. The third-order valence-electron chi connectivity index (χ3n) is 1.97. The predicted molar refractivity (Wildman–Crippen MR) is 55.5 cm³/mol. The molecule has 0 aliphatic heterocycles. The highest BCUT2D eigenvalue weighted by atomic mass is 14.8. The lowest BCUT2D eigenvalue weighted by Crippen LogP contribution is -2.33. The van der Waals surface area contributed by atoms with E-state index in [-0.39, 0.29) is 0 Å². The number of hydrogen-bond acceptors (Lipinski definition) is 2. The van der Waals surface area contributed by atoms with Crippen LogP contribution in [0.2, 0.25) is 0 Å². The summed E-state index contributed by atoms with van der Waals surface area (Å²) in [5.41, 5.74) is 1.09. The molecule has 0 unspecified atom stereocenters. The lowest BCUT2D eigenvalue weighted by molar-refractivity contribution is 0.997. The third kappa shape index (κ3) is 2.14. The van der Waals surface area contributed by atoms with Crippen molar-refractivity contribution in [2.24, 2.45) is 0 Å². The van der Waals surface area contributed by atoms with E-state index in [9.17, 15) is 0 Å². The van der Waals surface area contributed by atoms with Crippen molar-refractivity contribution < 1.29 is 0 Å². The maximum absolute atomic E-state index is 4.18.